The molecule has 0 saturated heterocycles. The topological polar surface area (TPSA) is 103 Å². The van der Waals surface area contributed by atoms with Crippen molar-refractivity contribution in [2.45, 2.75) is 0 Å². The van der Waals surface area contributed by atoms with Gasteiger partial charge >= 0.3 is 5.97 Å². The molecule has 2 aromatic rings. The molecular formula is C18H19NO7. The van der Waals surface area contributed by atoms with E-state index in [1.807, 2.05) is 0 Å². The van der Waals surface area contributed by atoms with Gasteiger partial charge < -0.3 is 29.4 Å². The minimum atomic E-state index is -1.08. The van der Waals surface area contributed by atoms with Gasteiger partial charge in [0.15, 0.2) is 18.1 Å². The van der Waals surface area contributed by atoms with Crippen molar-refractivity contribution in [1.29, 1.82) is 0 Å². The zero-order chi connectivity index (χ0) is 19.1. The molecule has 0 radical (unpaired) electrons. The number of carboxylic acids is 1. The number of nitrogens with one attached hydrogen (secondary N) is 1. The molecule has 0 aliphatic heterocycles. The fourth-order valence-electron chi connectivity index (χ4n) is 2.15. The van der Waals surface area contributed by atoms with Crippen molar-refractivity contribution in [3.8, 4) is 23.0 Å². The number of ether oxygens (including phenoxy) is 4. The van der Waals surface area contributed by atoms with E-state index in [1.165, 1.54) is 39.5 Å². The van der Waals surface area contributed by atoms with Crippen LogP contribution in [0.15, 0.2) is 36.4 Å². The van der Waals surface area contributed by atoms with Gasteiger partial charge in [-0.15, -0.1) is 0 Å². The normalized spacial score (nSPS) is 9.96. The van der Waals surface area contributed by atoms with E-state index in [1.54, 1.807) is 18.2 Å². The number of carbonyl (C=O) groups is 2. The highest BCUT2D eigenvalue weighted by Crippen LogP contribution is 2.30. The lowest BCUT2D eigenvalue weighted by Gasteiger charge is -2.13. The van der Waals surface area contributed by atoms with Crippen LogP contribution >= 0.6 is 0 Å². The van der Waals surface area contributed by atoms with E-state index in [-0.39, 0.29) is 23.7 Å². The molecule has 0 heterocycles. The van der Waals surface area contributed by atoms with Crippen molar-refractivity contribution in [3.05, 3.63) is 42.0 Å². The molecule has 2 aromatic carbocycles. The van der Waals surface area contributed by atoms with Crippen LogP contribution in [0.3, 0.4) is 0 Å². The van der Waals surface area contributed by atoms with Crippen molar-refractivity contribution in [2.24, 2.45) is 0 Å². The van der Waals surface area contributed by atoms with Gasteiger partial charge in [-0.3, -0.25) is 4.79 Å². The molecule has 26 heavy (non-hydrogen) atoms. The van der Waals surface area contributed by atoms with Crippen LogP contribution in [0.1, 0.15) is 10.4 Å². The summed E-state index contributed by atoms with van der Waals surface area (Å²) < 4.78 is 20.8. The largest absolute Gasteiger partial charge is 0.497 e. The molecular weight excluding hydrogens is 342 g/mol. The molecule has 0 aliphatic carbocycles. The predicted molar refractivity (Wildman–Crippen MR) is 93.6 cm³/mol. The Morgan fingerprint density at radius 1 is 0.923 bits per heavy atom. The monoisotopic (exact) mass is 361 g/mol. The summed E-state index contributed by atoms with van der Waals surface area (Å²) in [4.78, 5) is 23.1. The van der Waals surface area contributed by atoms with Gasteiger partial charge in [0.05, 0.1) is 32.6 Å². The Morgan fingerprint density at radius 2 is 1.65 bits per heavy atom. The number of carbonyl (C=O) groups excluding carboxylic acids is 1. The fourth-order valence-corrected chi connectivity index (χ4v) is 2.15. The third-order valence-electron chi connectivity index (χ3n) is 3.45. The number of amides is 1. The fraction of sp³-hybridized carbons (Fsp3) is 0.222. The van der Waals surface area contributed by atoms with E-state index in [2.05, 4.69) is 5.32 Å². The lowest BCUT2D eigenvalue weighted by atomic mass is 10.2. The molecule has 0 bridgehead atoms. The Hall–Kier alpha value is -3.42. The average Bonchev–Trinajstić information content (AvgIpc) is 2.66. The summed E-state index contributed by atoms with van der Waals surface area (Å²) in [6, 6.07) is 9.10. The molecule has 0 aromatic heterocycles. The van der Waals surface area contributed by atoms with E-state index >= 15 is 0 Å². The van der Waals surface area contributed by atoms with Crippen LogP contribution in [0.2, 0.25) is 0 Å². The maximum Gasteiger partial charge on any atom is 0.335 e. The number of aromatic carboxylic acids is 1. The Labute approximate surface area is 150 Å². The first-order valence-corrected chi connectivity index (χ1v) is 7.54. The van der Waals surface area contributed by atoms with Gasteiger partial charge in [-0.25, -0.2) is 4.79 Å². The van der Waals surface area contributed by atoms with E-state index in [9.17, 15) is 9.59 Å². The number of hydrogen-bond donors (Lipinski definition) is 2. The van der Waals surface area contributed by atoms with Gasteiger partial charge in [0, 0.05) is 6.07 Å². The first-order chi connectivity index (χ1) is 12.5. The van der Waals surface area contributed by atoms with E-state index in [0.29, 0.717) is 17.2 Å². The highest BCUT2D eigenvalue weighted by atomic mass is 16.5. The number of rotatable bonds is 8. The summed E-state index contributed by atoms with van der Waals surface area (Å²) in [6.07, 6.45) is 0. The Kier molecular flexibility index (Phi) is 6.26. The van der Waals surface area contributed by atoms with Crippen molar-refractivity contribution >= 4 is 17.6 Å². The zero-order valence-electron chi connectivity index (χ0n) is 14.6. The molecule has 2 rings (SSSR count). The number of benzene rings is 2. The van der Waals surface area contributed by atoms with Crippen molar-refractivity contribution in [2.75, 3.05) is 33.3 Å². The van der Waals surface area contributed by atoms with Crippen LogP contribution in [0, 0.1) is 0 Å². The lowest BCUT2D eigenvalue weighted by Crippen LogP contribution is -2.20. The summed E-state index contributed by atoms with van der Waals surface area (Å²) in [5.74, 6) is 0.0200. The molecule has 138 valence electrons. The van der Waals surface area contributed by atoms with Crippen molar-refractivity contribution in [3.63, 3.8) is 0 Å². The third kappa shape index (κ3) is 4.56. The number of methoxy groups -OCH3 is 3. The molecule has 0 aliphatic rings. The third-order valence-corrected chi connectivity index (χ3v) is 3.45. The maximum atomic E-state index is 12.1. The maximum absolute atomic E-state index is 12.1. The van der Waals surface area contributed by atoms with E-state index < -0.39 is 11.9 Å². The summed E-state index contributed by atoms with van der Waals surface area (Å²) in [7, 11) is 4.40. The SMILES string of the molecule is COc1ccc(NC(=O)COc2ccc(C(=O)O)cc2OC)c(OC)c1. The van der Waals surface area contributed by atoms with Gasteiger partial charge in [0.25, 0.3) is 5.91 Å². The van der Waals surface area contributed by atoms with Crippen LogP contribution in [-0.2, 0) is 4.79 Å². The minimum Gasteiger partial charge on any atom is -0.497 e. The van der Waals surface area contributed by atoms with Crippen LogP contribution in [-0.4, -0.2) is 44.9 Å². The van der Waals surface area contributed by atoms with Gasteiger partial charge in [0.2, 0.25) is 0 Å². The van der Waals surface area contributed by atoms with E-state index in [4.69, 9.17) is 24.1 Å². The average molecular weight is 361 g/mol. The predicted octanol–water partition coefficient (Wildman–Crippen LogP) is 2.43. The quantitative estimate of drug-likeness (QED) is 0.744. The molecule has 2 N–H and O–H groups in total. The van der Waals surface area contributed by atoms with E-state index in [0.717, 1.165) is 0 Å². The Bertz CT molecular complexity index is 804. The highest BCUT2D eigenvalue weighted by molar-refractivity contribution is 5.93. The van der Waals surface area contributed by atoms with Crippen LogP contribution in [0.25, 0.3) is 0 Å². The molecule has 1 amide bonds. The first kappa shape index (κ1) is 18.9. The molecule has 8 nitrogen and oxygen atoms in total. The van der Waals surface area contributed by atoms with Crippen molar-refractivity contribution < 1.29 is 33.6 Å². The molecule has 0 atom stereocenters. The Balaban J connectivity index is 2.04. The highest BCUT2D eigenvalue weighted by Gasteiger charge is 2.13. The molecule has 8 heteroatoms. The number of hydrogen-bond acceptors (Lipinski definition) is 6. The second kappa shape index (κ2) is 8.61. The van der Waals surface area contributed by atoms with Crippen LogP contribution in [0.5, 0.6) is 23.0 Å². The number of anilines is 1. The van der Waals surface area contributed by atoms with Crippen LogP contribution < -0.4 is 24.3 Å². The summed E-state index contributed by atoms with van der Waals surface area (Å²) in [5.41, 5.74) is 0.525. The molecule has 0 unspecified atom stereocenters. The molecule has 0 spiro atoms. The van der Waals surface area contributed by atoms with Gasteiger partial charge in [-0.2, -0.15) is 0 Å². The molecule has 0 saturated carbocycles. The summed E-state index contributed by atoms with van der Waals surface area (Å²) >= 11 is 0. The first-order valence-electron chi connectivity index (χ1n) is 7.54. The zero-order valence-corrected chi connectivity index (χ0v) is 14.6. The summed E-state index contributed by atoms with van der Waals surface area (Å²) in [6.45, 7) is -0.294. The smallest absolute Gasteiger partial charge is 0.335 e. The minimum absolute atomic E-state index is 0.0571. The number of carboxylic acid groups (broad SMARTS) is 1. The Morgan fingerprint density at radius 3 is 2.27 bits per heavy atom. The van der Waals surface area contributed by atoms with Crippen molar-refractivity contribution in [1.82, 2.24) is 0 Å². The standard InChI is InChI=1S/C18H19NO7/c1-23-12-5-6-13(15(9-12)24-2)19-17(20)10-26-14-7-4-11(18(21)22)8-16(14)25-3/h4-9H,10H2,1-3H3,(H,19,20)(H,21,22). The van der Waals surface area contributed by atoms with Gasteiger partial charge in [-0.1, -0.05) is 0 Å². The second-order valence-electron chi connectivity index (χ2n) is 5.07. The van der Waals surface area contributed by atoms with Gasteiger partial charge in [0.1, 0.15) is 11.5 Å². The lowest BCUT2D eigenvalue weighted by molar-refractivity contribution is -0.118. The van der Waals surface area contributed by atoms with Gasteiger partial charge in [-0.05, 0) is 30.3 Å². The second-order valence-corrected chi connectivity index (χ2v) is 5.07. The summed E-state index contributed by atoms with van der Waals surface area (Å²) in [5, 5.41) is 11.7. The van der Waals surface area contributed by atoms with Crippen LogP contribution in [0.4, 0.5) is 5.69 Å². The molecule has 0 fully saturated rings.